The number of nitrogens with zero attached hydrogens (tertiary/aromatic N) is 1. The first kappa shape index (κ1) is 43.2. The zero-order chi connectivity index (χ0) is 36.0. The molecule has 0 heterocycles. The Kier molecular flexibility index (Phi) is 25.7. The largest absolute Gasteiger partial charge is 0.462 e. The van der Waals surface area contributed by atoms with Gasteiger partial charge in [-0.2, -0.15) is 0 Å². The monoisotopic (exact) mass is 690 g/mol. The fraction of sp³-hybridized carbons (Fsp3) is 0.703. The maximum atomic E-state index is 13.2. The fourth-order valence-corrected chi connectivity index (χ4v) is 5.01. The molecule has 278 valence electrons. The Labute approximate surface area is 293 Å². The van der Waals surface area contributed by atoms with E-state index in [0.717, 1.165) is 50.5 Å². The van der Waals surface area contributed by atoms with Gasteiger partial charge >= 0.3 is 24.0 Å². The molecule has 0 saturated carbocycles. The van der Waals surface area contributed by atoms with Crippen LogP contribution in [0.4, 0.5) is 4.79 Å². The molecule has 0 aliphatic heterocycles. The van der Waals surface area contributed by atoms with Gasteiger partial charge in [-0.15, -0.1) is 0 Å². The number of nitrogens with one attached hydrogen (secondary N) is 1. The van der Waals surface area contributed by atoms with Crippen LogP contribution in [0, 0.1) is 0 Å². The number of aliphatic imine (C=N–C) groups is 1. The van der Waals surface area contributed by atoms with Crippen molar-refractivity contribution in [3.63, 3.8) is 0 Å². The van der Waals surface area contributed by atoms with E-state index in [1.54, 1.807) is 0 Å². The zero-order valence-corrected chi connectivity index (χ0v) is 30.0. The molecule has 1 amide bonds. The molecule has 1 aromatic carbocycles. The quantitative estimate of drug-likeness (QED) is 0.0272. The summed E-state index contributed by atoms with van der Waals surface area (Å²) in [4.78, 5) is 54.8. The van der Waals surface area contributed by atoms with E-state index in [-0.39, 0.29) is 51.6 Å². The maximum absolute atomic E-state index is 13.2. The molecule has 2 atom stereocenters. The Balaban J connectivity index is 2.74. The Hall–Kier alpha value is -3.83. The third kappa shape index (κ3) is 24.9. The van der Waals surface area contributed by atoms with Gasteiger partial charge in [0.15, 0.2) is 12.1 Å². The van der Waals surface area contributed by atoms with Crippen molar-refractivity contribution in [2.24, 2.45) is 16.5 Å². The van der Waals surface area contributed by atoms with Crippen LogP contribution in [0.5, 0.6) is 0 Å². The molecule has 0 unspecified atom stereocenters. The lowest BCUT2D eigenvalue weighted by atomic mass is 10.1. The molecule has 0 aromatic heterocycles. The number of carbonyl (C=O) groups excluding carboxylic acids is 4. The summed E-state index contributed by atoms with van der Waals surface area (Å²) in [6, 6.07) is 8.04. The van der Waals surface area contributed by atoms with E-state index in [1.165, 1.54) is 38.5 Å². The molecule has 5 N–H and O–H groups in total. The Morgan fingerprint density at radius 2 is 1.24 bits per heavy atom. The number of hydrogen-bond acceptors (Lipinski definition) is 9. The number of benzene rings is 1. The molecular formula is C37H62N4O8. The maximum Gasteiger partial charge on any atom is 0.408 e. The van der Waals surface area contributed by atoms with Crippen LogP contribution in [-0.4, -0.2) is 61.9 Å². The SMILES string of the molecule is CCCCCCCCCC(=O)OC[C@H](COC(=O)[C@H](CCCN=C(N)N)NC(=O)OCc1ccccc1)OC(=O)CCCCCCCCC. The fourth-order valence-electron chi connectivity index (χ4n) is 5.01. The van der Waals surface area contributed by atoms with Crippen LogP contribution in [0.3, 0.4) is 0 Å². The average molecular weight is 691 g/mol. The van der Waals surface area contributed by atoms with Gasteiger partial charge in [0.25, 0.3) is 0 Å². The lowest BCUT2D eigenvalue weighted by molar-refractivity contribution is -0.167. The minimum Gasteiger partial charge on any atom is -0.462 e. The van der Waals surface area contributed by atoms with E-state index < -0.39 is 36.1 Å². The van der Waals surface area contributed by atoms with Crippen molar-refractivity contribution in [3.05, 3.63) is 35.9 Å². The molecular weight excluding hydrogens is 628 g/mol. The smallest absolute Gasteiger partial charge is 0.408 e. The van der Waals surface area contributed by atoms with E-state index in [9.17, 15) is 19.2 Å². The van der Waals surface area contributed by atoms with Crippen molar-refractivity contribution < 1.29 is 38.1 Å². The molecule has 0 fully saturated rings. The summed E-state index contributed by atoms with van der Waals surface area (Å²) < 4.78 is 21.8. The number of carbonyl (C=O) groups is 4. The molecule has 0 saturated heterocycles. The highest BCUT2D eigenvalue weighted by Gasteiger charge is 2.26. The van der Waals surface area contributed by atoms with Gasteiger partial charge in [-0.05, 0) is 31.2 Å². The summed E-state index contributed by atoms with van der Waals surface area (Å²) in [7, 11) is 0. The minimum atomic E-state index is -1.08. The van der Waals surface area contributed by atoms with E-state index in [4.69, 9.17) is 30.4 Å². The Bertz CT molecular complexity index is 1070. The summed E-state index contributed by atoms with van der Waals surface area (Å²) in [5, 5.41) is 2.55. The molecule has 0 aliphatic rings. The van der Waals surface area contributed by atoms with Crippen molar-refractivity contribution >= 4 is 30.0 Å². The van der Waals surface area contributed by atoms with Gasteiger partial charge < -0.3 is 35.7 Å². The highest BCUT2D eigenvalue weighted by molar-refractivity contribution is 5.81. The molecule has 0 aliphatic carbocycles. The lowest BCUT2D eigenvalue weighted by Crippen LogP contribution is -2.43. The van der Waals surface area contributed by atoms with Crippen LogP contribution in [0.1, 0.15) is 135 Å². The van der Waals surface area contributed by atoms with E-state index in [1.807, 2.05) is 30.3 Å². The summed E-state index contributed by atoms with van der Waals surface area (Å²) in [5.74, 6) is -1.69. The summed E-state index contributed by atoms with van der Waals surface area (Å²) >= 11 is 0. The van der Waals surface area contributed by atoms with Crippen molar-refractivity contribution in [1.29, 1.82) is 0 Å². The molecule has 0 radical (unpaired) electrons. The molecule has 0 spiro atoms. The predicted molar refractivity (Wildman–Crippen MR) is 190 cm³/mol. The van der Waals surface area contributed by atoms with E-state index in [2.05, 4.69) is 24.2 Å². The second-order valence-electron chi connectivity index (χ2n) is 12.4. The standard InChI is InChI=1S/C37H62N4O8/c1-3-5-7-9-11-13-18-24-33(42)46-28-31(49-34(43)25-19-14-12-10-8-6-4-2)29-47-35(44)32(23-20-26-40-36(38)39)41-37(45)48-27-30-21-16-15-17-22-30/h15-17,21-22,31-32H,3-14,18-20,23-29H2,1-2H3,(H,41,45)(H4,38,39,40)/t31-,32+/m1/s1. The summed E-state index contributed by atoms with van der Waals surface area (Å²) in [6.07, 6.45) is 14.1. The van der Waals surface area contributed by atoms with Gasteiger partial charge in [0.1, 0.15) is 25.9 Å². The number of alkyl carbamates (subject to hydrolysis) is 1. The third-order valence-corrected chi connectivity index (χ3v) is 7.84. The second kappa shape index (κ2) is 29.1. The second-order valence-corrected chi connectivity index (χ2v) is 12.4. The van der Waals surface area contributed by atoms with Crippen molar-refractivity contribution in [2.45, 2.75) is 148 Å². The number of ether oxygens (including phenoxy) is 4. The van der Waals surface area contributed by atoms with Gasteiger partial charge in [0.05, 0.1) is 0 Å². The summed E-state index contributed by atoms with van der Waals surface area (Å²) in [5.41, 5.74) is 11.6. The third-order valence-electron chi connectivity index (χ3n) is 7.84. The van der Waals surface area contributed by atoms with Gasteiger partial charge in [-0.3, -0.25) is 14.6 Å². The molecule has 12 nitrogen and oxygen atoms in total. The Morgan fingerprint density at radius 1 is 0.694 bits per heavy atom. The van der Waals surface area contributed by atoms with Crippen LogP contribution in [0.25, 0.3) is 0 Å². The first-order valence-electron chi connectivity index (χ1n) is 18.3. The summed E-state index contributed by atoms with van der Waals surface area (Å²) in [6.45, 7) is 4.01. The average Bonchev–Trinajstić information content (AvgIpc) is 3.09. The van der Waals surface area contributed by atoms with Crippen LogP contribution in [0.2, 0.25) is 0 Å². The van der Waals surface area contributed by atoms with Crippen LogP contribution >= 0.6 is 0 Å². The number of esters is 3. The van der Waals surface area contributed by atoms with E-state index >= 15 is 0 Å². The molecule has 1 rings (SSSR count). The molecule has 12 heteroatoms. The van der Waals surface area contributed by atoms with E-state index in [0.29, 0.717) is 12.8 Å². The van der Waals surface area contributed by atoms with Crippen LogP contribution in [0.15, 0.2) is 35.3 Å². The highest BCUT2D eigenvalue weighted by atomic mass is 16.6. The number of hydrogen-bond donors (Lipinski definition) is 3. The highest BCUT2D eigenvalue weighted by Crippen LogP contribution is 2.12. The molecule has 1 aromatic rings. The lowest BCUT2D eigenvalue weighted by Gasteiger charge is -2.21. The van der Waals surface area contributed by atoms with Crippen molar-refractivity contribution in [2.75, 3.05) is 19.8 Å². The molecule has 49 heavy (non-hydrogen) atoms. The number of rotatable bonds is 29. The normalized spacial score (nSPS) is 12.0. The first-order valence-corrected chi connectivity index (χ1v) is 18.3. The first-order chi connectivity index (χ1) is 23.7. The van der Waals surface area contributed by atoms with Gasteiger partial charge in [-0.25, -0.2) is 9.59 Å². The van der Waals surface area contributed by atoms with Gasteiger partial charge in [-0.1, -0.05) is 121 Å². The Morgan fingerprint density at radius 3 is 1.84 bits per heavy atom. The van der Waals surface area contributed by atoms with Crippen molar-refractivity contribution in [1.82, 2.24) is 5.32 Å². The van der Waals surface area contributed by atoms with Crippen molar-refractivity contribution in [3.8, 4) is 0 Å². The van der Waals surface area contributed by atoms with Crippen LogP contribution in [-0.2, 0) is 39.9 Å². The number of guanidine groups is 1. The minimum absolute atomic E-state index is 0.0173. The predicted octanol–water partition coefficient (Wildman–Crippen LogP) is 6.61. The topological polar surface area (TPSA) is 182 Å². The number of nitrogens with two attached hydrogens (primary N) is 2. The zero-order valence-electron chi connectivity index (χ0n) is 30.0. The molecule has 0 bridgehead atoms. The van der Waals surface area contributed by atoms with Gasteiger partial charge in [0.2, 0.25) is 0 Å². The van der Waals surface area contributed by atoms with Gasteiger partial charge in [0, 0.05) is 19.4 Å². The van der Waals surface area contributed by atoms with Crippen LogP contribution < -0.4 is 16.8 Å². The number of unbranched alkanes of at least 4 members (excludes halogenated alkanes) is 12. The number of amides is 1.